The molecule has 2 heterocycles. The number of pyridine rings is 1. The number of aromatic nitrogens is 2. The van der Waals surface area contributed by atoms with Crippen molar-refractivity contribution in [2.24, 2.45) is 5.92 Å². The van der Waals surface area contributed by atoms with Crippen LogP contribution in [0.15, 0.2) is 59.4 Å². The summed E-state index contributed by atoms with van der Waals surface area (Å²) in [6, 6.07) is 13.7. The van der Waals surface area contributed by atoms with E-state index in [1.54, 1.807) is 54.6 Å². The fraction of sp³-hybridized carbons (Fsp3) is 0.333. The molecule has 2 aromatic carbocycles. The zero-order chi connectivity index (χ0) is 29.4. The van der Waals surface area contributed by atoms with Gasteiger partial charge in [-0.3, -0.25) is 18.7 Å². The molecule has 4 aromatic rings. The molecule has 0 radical (unpaired) electrons. The molecule has 2 aromatic heterocycles. The topological polar surface area (TPSA) is 123 Å². The molecule has 0 fully saturated rings. The third kappa shape index (κ3) is 5.44. The molecule has 9 nitrogen and oxygen atoms in total. The van der Waals surface area contributed by atoms with Gasteiger partial charge in [-0.1, -0.05) is 56.3 Å². The van der Waals surface area contributed by atoms with Crippen molar-refractivity contribution < 1.29 is 36.7 Å². The van der Waals surface area contributed by atoms with E-state index in [0.29, 0.717) is 27.5 Å². The van der Waals surface area contributed by atoms with Crippen molar-refractivity contribution in [1.82, 2.24) is 14.9 Å². The minimum atomic E-state index is -4.95. The van der Waals surface area contributed by atoms with E-state index in [-0.39, 0.29) is 10.8 Å². The van der Waals surface area contributed by atoms with Gasteiger partial charge in [-0.2, -0.15) is 13.2 Å². The normalized spacial score (nSPS) is 14.1. The third-order valence-electron chi connectivity index (χ3n) is 6.75. The molecule has 214 valence electrons. The van der Waals surface area contributed by atoms with Gasteiger partial charge in [0.05, 0.1) is 22.6 Å². The number of para-hydroxylation sites is 1. The molecule has 0 aliphatic carbocycles. The first kappa shape index (κ1) is 29.5. The van der Waals surface area contributed by atoms with Gasteiger partial charge in [0.25, 0.3) is 5.56 Å². The fourth-order valence-corrected chi connectivity index (χ4v) is 5.96. The van der Waals surface area contributed by atoms with E-state index in [4.69, 9.17) is 9.05 Å². The number of rotatable bonds is 9. The number of aromatic amines is 1. The van der Waals surface area contributed by atoms with E-state index in [1.165, 1.54) is 28.1 Å². The maximum atomic E-state index is 13.8. The van der Waals surface area contributed by atoms with Crippen LogP contribution >= 0.6 is 7.60 Å². The Hall–Kier alpha value is -3.44. The van der Waals surface area contributed by atoms with Gasteiger partial charge >= 0.3 is 13.8 Å². The molecule has 2 atom stereocenters. The number of amides is 1. The van der Waals surface area contributed by atoms with Crippen LogP contribution in [0.4, 0.5) is 13.2 Å². The monoisotopic (exact) mass is 579 g/mol. The van der Waals surface area contributed by atoms with E-state index in [0.717, 1.165) is 4.57 Å². The fourth-order valence-electron chi connectivity index (χ4n) is 4.69. The highest BCUT2D eigenvalue weighted by molar-refractivity contribution is 7.62. The van der Waals surface area contributed by atoms with Gasteiger partial charge in [0.15, 0.2) is 6.10 Å². The maximum Gasteiger partial charge on any atom is 0.416 e. The summed E-state index contributed by atoms with van der Waals surface area (Å²) in [6.45, 7) is 2.26. The minimum Gasteiger partial charge on any atom is -0.382 e. The zero-order valence-electron chi connectivity index (χ0n) is 22.2. The minimum absolute atomic E-state index is 0.0874. The van der Waals surface area contributed by atoms with Crippen LogP contribution in [-0.4, -0.2) is 53.1 Å². The molecule has 1 amide bonds. The molecule has 0 spiro atoms. The molecular formula is C27H29F3N3O6P. The summed E-state index contributed by atoms with van der Waals surface area (Å²) >= 11 is 0. The number of alkyl halides is 3. The van der Waals surface area contributed by atoms with E-state index in [1.807, 2.05) is 0 Å². The quantitative estimate of drug-likeness (QED) is 0.254. The van der Waals surface area contributed by atoms with Gasteiger partial charge in [0.1, 0.15) is 12.1 Å². The summed E-state index contributed by atoms with van der Waals surface area (Å²) in [5.41, 5.74) is 0.713. The van der Waals surface area contributed by atoms with E-state index in [9.17, 15) is 32.4 Å². The highest BCUT2D eigenvalue weighted by Crippen LogP contribution is 2.47. The maximum absolute atomic E-state index is 13.8. The Morgan fingerprint density at radius 3 is 2.27 bits per heavy atom. The number of nitrogens with zero attached hydrogens (tertiary/aromatic N) is 1. The molecule has 0 bridgehead atoms. The molecule has 3 N–H and O–H groups in total. The molecule has 0 saturated carbocycles. The average Bonchev–Trinajstić information content (AvgIpc) is 3.31. The molecule has 0 aliphatic heterocycles. The Morgan fingerprint density at radius 1 is 1.05 bits per heavy atom. The number of benzene rings is 2. The van der Waals surface area contributed by atoms with Crippen molar-refractivity contribution in [2.75, 3.05) is 14.2 Å². The molecule has 2 unspecified atom stereocenters. The predicted molar refractivity (Wildman–Crippen MR) is 146 cm³/mol. The number of aliphatic hydroxyl groups excluding tert-OH is 1. The van der Waals surface area contributed by atoms with Gasteiger partial charge in [0, 0.05) is 25.0 Å². The van der Waals surface area contributed by atoms with Gasteiger partial charge in [-0.15, -0.1) is 0 Å². The van der Waals surface area contributed by atoms with Gasteiger partial charge in [-0.25, -0.2) is 0 Å². The summed E-state index contributed by atoms with van der Waals surface area (Å²) in [4.78, 5) is 29.9. The SMILES string of the molecule is COP(=O)(OC)c1cccc2c1[nH]c1c(=O)n(CC(=O)NC(C(C)C)C(O)C(F)(F)F)c(-c3ccccc3)cc12. The van der Waals surface area contributed by atoms with Crippen LogP contribution < -0.4 is 16.2 Å². The Bertz CT molecular complexity index is 1640. The van der Waals surface area contributed by atoms with E-state index in [2.05, 4.69) is 10.3 Å². The van der Waals surface area contributed by atoms with Crippen molar-refractivity contribution in [3.63, 3.8) is 0 Å². The Balaban J connectivity index is 1.89. The number of aliphatic hydroxyl groups is 1. The van der Waals surface area contributed by atoms with Crippen LogP contribution in [0.1, 0.15) is 13.8 Å². The first-order chi connectivity index (χ1) is 18.8. The first-order valence-corrected chi connectivity index (χ1v) is 13.9. The largest absolute Gasteiger partial charge is 0.416 e. The van der Waals surface area contributed by atoms with Crippen LogP contribution in [0.2, 0.25) is 0 Å². The second-order valence-corrected chi connectivity index (χ2v) is 11.8. The predicted octanol–water partition coefficient (Wildman–Crippen LogP) is 4.33. The Kier molecular flexibility index (Phi) is 8.28. The van der Waals surface area contributed by atoms with Crippen molar-refractivity contribution in [2.45, 2.75) is 38.7 Å². The van der Waals surface area contributed by atoms with Gasteiger partial charge < -0.3 is 24.5 Å². The second-order valence-electron chi connectivity index (χ2n) is 9.59. The second kappa shape index (κ2) is 11.2. The lowest BCUT2D eigenvalue weighted by molar-refractivity contribution is -0.215. The zero-order valence-corrected chi connectivity index (χ0v) is 23.0. The standard InChI is InChI=1S/C27H29F3N3O6P/c1-15(2)22(25(35)27(28,29)30)31-21(34)14-33-19(16-9-6-5-7-10-16)13-18-17-11-8-12-20(40(37,38-3)39-4)23(17)32-24(18)26(33)36/h5-13,15,22,25,32,35H,14H2,1-4H3,(H,31,34). The van der Waals surface area contributed by atoms with Crippen LogP contribution in [0.5, 0.6) is 0 Å². The molecule has 40 heavy (non-hydrogen) atoms. The number of hydrogen-bond acceptors (Lipinski definition) is 6. The van der Waals surface area contributed by atoms with Crippen LogP contribution in [0.25, 0.3) is 33.1 Å². The van der Waals surface area contributed by atoms with Crippen LogP contribution in [0.3, 0.4) is 0 Å². The number of carbonyl (C=O) groups excluding carboxylic acids is 1. The van der Waals surface area contributed by atoms with Crippen molar-refractivity contribution in [3.05, 3.63) is 65.0 Å². The van der Waals surface area contributed by atoms with Crippen molar-refractivity contribution in [1.29, 1.82) is 0 Å². The lowest BCUT2D eigenvalue weighted by Gasteiger charge is -2.29. The van der Waals surface area contributed by atoms with Crippen LogP contribution in [0, 0.1) is 5.92 Å². The number of H-pyrrole nitrogens is 1. The smallest absolute Gasteiger partial charge is 0.382 e. The van der Waals surface area contributed by atoms with Gasteiger partial charge in [-0.05, 0) is 23.6 Å². The number of hydrogen-bond donors (Lipinski definition) is 3. The lowest BCUT2D eigenvalue weighted by Crippen LogP contribution is -2.53. The Morgan fingerprint density at radius 2 is 1.70 bits per heavy atom. The summed E-state index contributed by atoms with van der Waals surface area (Å²) in [5.74, 6) is -1.64. The van der Waals surface area contributed by atoms with Crippen molar-refractivity contribution >= 4 is 40.6 Å². The highest BCUT2D eigenvalue weighted by atomic mass is 31.2. The van der Waals surface area contributed by atoms with E-state index >= 15 is 0 Å². The first-order valence-electron chi connectivity index (χ1n) is 12.3. The number of fused-ring (bicyclic) bond motifs is 3. The number of nitrogens with one attached hydrogen (secondary N) is 2. The molecular weight excluding hydrogens is 550 g/mol. The average molecular weight is 580 g/mol. The summed E-state index contributed by atoms with van der Waals surface area (Å²) < 4.78 is 64.4. The van der Waals surface area contributed by atoms with E-state index < -0.39 is 49.8 Å². The van der Waals surface area contributed by atoms with Crippen molar-refractivity contribution in [3.8, 4) is 11.3 Å². The summed E-state index contributed by atoms with van der Waals surface area (Å²) in [5, 5.41) is 13.3. The summed E-state index contributed by atoms with van der Waals surface area (Å²) in [6.07, 6.45) is -7.73. The molecule has 0 aliphatic rings. The number of halogens is 3. The third-order valence-corrected chi connectivity index (χ3v) is 8.68. The van der Waals surface area contributed by atoms with Gasteiger partial charge in [0.2, 0.25) is 5.91 Å². The molecule has 0 saturated heterocycles. The lowest BCUT2D eigenvalue weighted by atomic mass is 9.98. The molecule has 13 heteroatoms. The highest BCUT2D eigenvalue weighted by Gasteiger charge is 2.45. The van der Waals surface area contributed by atoms with Crippen LogP contribution in [-0.2, 0) is 25.0 Å². The molecule has 4 rings (SSSR count). The summed E-state index contributed by atoms with van der Waals surface area (Å²) in [7, 11) is -1.24. The number of carbonyl (C=O) groups is 1. The Labute approximate surface area is 227 Å².